The summed E-state index contributed by atoms with van der Waals surface area (Å²) in [5, 5.41) is 0. The summed E-state index contributed by atoms with van der Waals surface area (Å²) in [4.78, 5) is 0. The molecule has 0 radical (unpaired) electrons. The molecule has 92 valence electrons. The lowest BCUT2D eigenvalue weighted by Gasteiger charge is -2.26. The Labute approximate surface area is 103 Å². The van der Waals surface area contributed by atoms with E-state index in [9.17, 15) is 8.22 Å². The molecule has 0 bridgehead atoms. The topological polar surface area (TPSA) is 9.23 Å². The fourth-order valence-corrected chi connectivity index (χ4v) is 8.01. The fraction of sp³-hybridized carbons (Fsp3) is 1.00. The summed E-state index contributed by atoms with van der Waals surface area (Å²) in [5.41, 5.74) is 0. The smallest absolute Gasteiger partial charge is 0.372 e. The Balaban J connectivity index is 4.04. The lowest BCUT2D eigenvalue weighted by atomic mass is 10.6. The molecule has 0 aliphatic carbocycles. The molecule has 7 heteroatoms. The molecule has 0 saturated heterocycles. The van der Waals surface area contributed by atoms with Gasteiger partial charge in [0, 0.05) is 11.8 Å². The number of halogens is 4. The Bertz CT molecular complexity index is 164. The first-order chi connectivity index (χ1) is 6.83. The molecule has 0 saturated carbocycles. The van der Waals surface area contributed by atoms with E-state index in [1.165, 1.54) is 13.1 Å². The second-order valence-electron chi connectivity index (χ2n) is 3.89. The highest BCUT2D eigenvalue weighted by molar-refractivity contribution is 6.79. The van der Waals surface area contributed by atoms with E-state index in [-0.39, 0.29) is 12.1 Å². The first-order valence-corrected chi connectivity index (χ1v) is 11.1. The van der Waals surface area contributed by atoms with Crippen molar-refractivity contribution < 1.29 is 12.3 Å². The van der Waals surface area contributed by atoms with Crippen LogP contribution < -0.4 is 0 Å². The highest BCUT2D eigenvalue weighted by atomic mass is 35.5. The van der Waals surface area contributed by atoms with Crippen LogP contribution in [0.15, 0.2) is 0 Å². The third-order valence-corrected chi connectivity index (χ3v) is 8.37. The van der Waals surface area contributed by atoms with E-state index in [1.54, 1.807) is 0 Å². The average molecular weight is 295 g/mol. The molecule has 0 aliphatic rings. The standard InChI is InChI=1S/C8H18Cl2F2OSi2/c1-14(11,7-3-5-9)13-15(2,12)8-4-6-10/h3-8H2,1-2H3. The Kier molecular flexibility index (Phi) is 7.62. The van der Waals surface area contributed by atoms with Gasteiger partial charge in [-0.3, -0.25) is 8.22 Å². The van der Waals surface area contributed by atoms with Gasteiger partial charge < -0.3 is 4.12 Å². The van der Waals surface area contributed by atoms with Crippen LogP contribution in [0.25, 0.3) is 0 Å². The first kappa shape index (κ1) is 15.8. The van der Waals surface area contributed by atoms with Gasteiger partial charge >= 0.3 is 17.3 Å². The molecule has 0 heterocycles. The van der Waals surface area contributed by atoms with Crippen LogP contribution in [0.4, 0.5) is 8.22 Å². The molecule has 2 atom stereocenters. The maximum Gasteiger partial charge on any atom is 0.372 e. The second-order valence-corrected chi connectivity index (χ2v) is 10.9. The van der Waals surface area contributed by atoms with Gasteiger partial charge in [-0.05, 0) is 38.0 Å². The van der Waals surface area contributed by atoms with Crippen molar-refractivity contribution in [1.82, 2.24) is 0 Å². The third-order valence-electron chi connectivity index (χ3n) is 1.94. The van der Waals surface area contributed by atoms with Crippen molar-refractivity contribution in [3.8, 4) is 0 Å². The van der Waals surface area contributed by atoms with E-state index in [1.807, 2.05) is 0 Å². The first-order valence-electron chi connectivity index (χ1n) is 5.03. The van der Waals surface area contributed by atoms with Crippen LogP contribution in [-0.4, -0.2) is 29.1 Å². The van der Waals surface area contributed by atoms with Gasteiger partial charge in [0.05, 0.1) is 0 Å². The quantitative estimate of drug-likeness (QED) is 0.367. The normalized spacial score (nSPS) is 19.6. The van der Waals surface area contributed by atoms with Gasteiger partial charge in [-0.1, -0.05) is 0 Å². The maximum absolute atomic E-state index is 13.8. The zero-order valence-electron chi connectivity index (χ0n) is 9.16. The van der Waals surface area contributed by atoms with Crippen molar-refractivity contribution in [3.05, 3.63) is 0 Å². The number of alkyl halides is 2. The van der Waals surface area contributed by atoms with Crippen molar-refractivity contribution in [2.24, 2.45) is 0 Å². The van der Waals surface area contributed by atoms with E-state index in [2.05, 4.69) is 0 Å². The highest BCUT2D eigenvalue weighted by Crippen LogP contribution is 2.25. The third kappa shape index (κ3) is 8.62. The summed E-state index contributed by atoms with van der Waals surface area (Å²) in [7, 11) is -6.70. The van der Waals surface area contributed by atoms with Gasteiger partial charge in [0.2, 0.25) is 0 Å². The molecule has 1 nitrogen and oxygen atoms in total. The van der Waals surface area contributed by atoms with Gasteiger partial charge in [0.1, 0.15) is 0 Å². The fourth-order valence-electron chi connectivity index (χ4n) is 1.31. The molecule has 15 heavy (non-hydrogen) atoms. The molecule has 0 amide bonds. The lowest BCUT2D eigenvalue weighted by Crippen LogP contribution is -2.42. The molecule has 0 aromatic carbocycles. The minimum atomic E-state index is -3.35. The van der Waals surface area contributed by atoms with Crippen molar-refractivity contribution in [2.75, 3.05) is 11.8 Å². The summed E-state index contributed by atoms with van der Waals surface area (Å²) in [5.74, 6) is 0.782. The Morgan fingerprint density at radius 1 is 0.933 bits per heavy atom. The zero-order chi connectivity index (χ0) is 11.9. The monoisotopic (exact) mass is 294 g/mol. The Morgan fingerprint density at radius 3 is 1.53 bits per heavy atom. The van der Waals surface area contributed by atoms with Crippen molar-refractivity contribution in [3.63, 3.8) is 0 Å². The predicted molar refractivity (Wildman–Crippen MR) is 66.8 cm³/mol. The molecule has 0 spiro atoms. The molecule has 0 aromatic rings. The molecule has 0 aromatic heterocycles. The SMILES string of the molecule is C[Si](F)(CCCCl)O[Si](C)(F)CCCCl. The largest absolute Gasteiger partial charge is 0.409 e. The minimum absolute atomic E-state index is 0.268. The van der Waals surface area contributed by atoms with Crippen molar-refractivity contribution in [2.45, 2.75) is 38.0 Å². The Hall–Kier alpha value is 0.834. The van der Waals surface area contributed by atoms with Gasteiger partial charge in [-0.15, -0.1) is 23.2 Å². The molecular weight excluding hydrogens is 277 g/mol. The number of hydrogen-bond acceptors (Lipinski definition) is 1. The summed E-state index contributed by atoms with van der Waals surface area (Å²) in [6.07, 6.45) is 1.08. The summed E-state index contributed by atoms with van der Waals surface area (Å²) < 4.78 is 32.7. The van der Waals surface area contributed by atoms with Crippen molar-refractivity contribution in [1.29, 1.82) is 0 Å². The van der Waals surface area contributed by atoms with Gasteiger partial charge in [-0.2, -0.15) is 0 Å². The van der Waals surface area contributed by atoms with E-state index >= 15 is 0 Å². The van der Waals surface area contributed by atoms with Gasteiger partial charge in [0.15, 0.2) is 0 Å². The zero-order valence-corrected chi connectivity index (χ0v) is 12.7. The molecular formula is C8H18Cl2F2OSi2. The van der Waals surface area contributed by atoms with Crippen LogP contribution >= 0.6 is 23.2 Å². The van der Waals surface area contributed by atoms with E-state index < -0.39 is 17.3 Å². The van der Waals surface area contributed by atoms with Crippen LogP contribution in [0.5, 0.6) is 0 Å². The molecule has 0 aliphatic heterocycles. The molecule has 0 fully saturated rings. The molecule has 2 unspecified atom stereocenters. The van der Waals surface area contributed by atoms with Crippen LogP contribution in [0, 0.1) is 0 Å². The summed E-state index contributed by atoms with van der Waals surface area (Å²) in [6, 6.07) is 0.535. The Morgan fingerprint density at radius 2 is 1.27 bits per heavy atom. The summed E-state index contributed by atoms with van der Waals surface area (Å²) >= 11 is 10.9. The highest BCUT2D eigenvalue weighted by Gasteiger charge is 2.41. The molecule has 0 N–H and O–H groups in total. The maximum atomic E-state index is 13.8. The number of hydrogen-bond donors (Lipinski definition) is 0. The van der Waals surface area contributed by atoms with Crippen molar-refractivity contribution >= 4 is 40.5 Å². The van der Waals surface area contributed by atoms with Crippen LogP contribution in [0.3, 0.4) is 0 Å². The second kappa shape index (κ2) is 7.22. The van der Waals surface area contributed by atoms with Gasteiger partial charge in [0.25, 0.3) is 0 Å². The van der Waals surface area contributed by atoms with Gasteiger partial charge in [-0.25, -0.2) is 0 Å². The number of rotatable bonds is 8. The predicted octanol–water partition coefficient (Wildman–Crippen LogP) is 4.34. The van der Waals surface area contributed by atoms with Crippen LogP contribution in [0.2, 0.25) is 25.2 Å². The average Bonchev–Trinajstić information content (AvgIpc) is 2.10. The van der Waals surface area contributed by atoms with E-state index in [4.69, 9.17) is 27.3 Å². The van der Waals surface area contributed by atoms with Crippen LogP contribution in [0.1, 0.15) is 12.8 Å². The minimum Gasteiger partial charge on any atom is -0.409 e. The summed E-state index contributed by atoms with van der Waals surface area (Å²) in [6.45, 7) is 2.79. The molecule has 0 rings (SSSR count). The lowest BCUT2D eigenvalue weighted by molar-refractivity contribution is 0.401. The van der Waals surface area contributed by atoms with E-state index in [0.29, 0.717) is 24.6 Å². The van der Waals surface area contributed by atoms with Crippen LogP contribution in [-0.2, 0) is 4.12 Å². The van der Waals surface area contributed by atoms with E-state index in [0.717, 1.165) is 0 Å².